The van der Waals surface area contributed by atoms with Crippen molar-refractivity contribution in [1.82, 2.24) is 10.6 Å². The van der Waals surface area contributed by atoms with Gasteiger partial charge in [0, 0.05) is 30.7 Å². The number of aliphatic hydroxyl groups excluding tert-OH is 2. The van der Waals surface area contributed by atoms with Gasteiger partial charge in [0.15, 0.2) is 11.5 Å². The number of benzene rings is 1. The molecule has 4 N–H and O–H groups in total. The number of nitrogens with one attached hydrogen (secondary N) is 2. The summed E-state index contributed by atoms with van der Waals surface area (Å²) in [5.41, 5.74) is 1.02. The zero-order valence-electron chi connectivity index (χ0n) is 17.7. The Kier molecular flexibility index (Phi) is 10.7. The molecule has 0 saturated heterocycles. The van der Waals surface area contributed by atoms with Gasteiger partial charge < -0.3 is 30.3 Å². The smallest absolute Gasteiger partial charge is 0.164 e. The second-order valence-electron chi connectivity index (χ2n) is 7.88. The highest BCUT2D eigenvalue weighted by Gasteiger charge is 2.17. The predicted molar refractivity (Wildman–Crippen MR) is 110 cm³/mol. The minimum absolute atomic E-state index is 0.176. The van der Waals surface area contributed by atoms with E-state index in [1.54, 1.807) is 0 Å². The monoisotopic (exact) mass is 382 g/mol. The molecule has 0 amide bonds. The van der Waals surface area contributed by atoms with Gasteiger partial charge in [-0.3, -0.25) is 0 Å². The fourth-order valence-corrected chi connectivity index (χ4v) is 2.48. The van der Waals surface area contributed by atoms with E-state index in [4.69, 9.17) is 9.47 Å². The summed E-state index contributed by atoms with van der Waals surface area (Å²) in [7, 11) is 0. The maximum atomic E-state index is 10.1. The van der Waals surface area contributed by atoms with Crippen molar-refractivity contribution < 1.29 is 19.7 Å². The summed E-state index contributed by atoms with van der Waals surface area (Å²) >= 11 is 0. The lowest BCUT2D eigenvalue weighted by atomic mass is 10.0. The Hall–Kier alpha value is -1.34. The number of ether oxygens (including phenoxy) is 2. The average molecular weight is 383 g/mol. The zero-order chi connectivity index (χ0) is 20.4. The largest absolute Gasteiger partial charge is 0.487 e. The van der Waals surface area contributed by atoms with E-state index in [1.165, 1.54) is 0 Å². The van der Waals surface area contributed by atoms with Gasteiger partial charge in [0.1, 0.15) is 25.4 Å². The third kappa shape index (κ3) is 9.42. The molecule has 0 aliphatic rings. The molecule has 27 heavy (non-hydrogen) atoms. The Morgan fingerprint density at radius 2 is 1.33 bits per heavy atom. The molecule has 0 fully saturated rings. The van der Waals surface area contributed by atoms with Crippen LogP contribution in [-0.4, -0.2) is 60.8 Å². The lowest BCUT2D eigenvalue weighted by molar-refractivity contribution is 0.0903. The first-order valence-corrected chi connectivity index (χ1v) is 9.92. The maximum absolute atomic E-state index is 10.1. The van der Waals surface area contributed by atoms with E-state index < -0.39 is 12.2 Å². The molecule has 0 aliphatic carbocycles. The van der Waals surface area contributed by atoms with Gasteiger partial charge in [-0.15, -0.1) is 0 Å². The first-order chi connectivity index (χ1) is 12.7. The van der Waals surface area contributed by atoms with Crippen LogP contribution in [0.15, 0.2) is 18.2 Å². The van der Waals surface area contributed by atoms with Gasteiger partial charge in [0.05, 0.1) is 0 Å². The van der Waals surface area contributed by atoms with Crippen molar-refractivity contribution >= 4 is 0 Å². The minimum atomic E-state index is -0.610. The van der Waals surface area contributed by atoms with E-state index in [9.17, 15) is 10.2 Å². The van der Waals surface area contributed by atoms with Gasteiger partial charge in [-0.1, -0.05) is 53.7 Å². The number of rotatable bonds is 13. The standard InChI is InChI=1S/C21H38N2O4/c1-14(2)19-8-7-9-20(26-12-17(24)10-22-15(3)4)21(19)27-13-18(25)11-23-16(5)6/h7-9,14-18,22-25H,10-13H2,1-6H3/t17-,18+/m0/s1. The average Bonchev–Trinajstić information content (AvgIpc) is 2.61. The van der Waals surface area contributed by atoms with E-state index in [0.29, 0.717) is 36.7 Å². The van der Waals surface area contributed by atoms with Crippen molar-refractivity contribution in [2.24, 2.45) is 0 Å². The molecule has 1 aromatic carbocycles. The van der Waals surface area contributed by atoms with E-state index in [-0.39, 0.29) is 19.1 Å². The van der Waals surface area contributed by atoms with E-state index in [0.717, 1.165) is 5.56 Å². The van der Waals surface area contributed by atoms with Crippen molar-refractivity contribution in [3.63, 3.8) is 0 Å². The Morgan fingerprint density at radius 3 is 1.81 bits per heavy atom. The third-order valence-corrected chi connectivity index (χ3v) is 4.01. The molecule has 1 aromatic rings. The topological polar surface area (TPSA) is 83.0 Å². The molecule has 0 spiro atoms. The number of aliphatic hydroxyl groups is 2. The van der Waals surface area contributed by atoms with Crippen molar-refractivity contribution in [2.45, 2.75) is 71.8 Å². The maximum Gasteiger partial charge on any atom is 0.164 e. The van der Waals surface area contributed by atoms with Crippen LogP contribution in [0.3, 0.4) is 0 Å². The molecule has 6 heteroatoms. The lowest BCUT2D eigenvalue weighted by Gasteiger charge is -2.21. The summed E-state index contributed by atoms with van der Waals surface area (Å²) in [6, 6.07) is 6.38. The molecule has 0 bridgehead atoms. The van der Waals surface area contributed by atoms with Crippen LogP contribution >= 0.6 is 0 Å². The highest BCUT2D eigenvalue weighted by molar-refractivity contribution is 5.48. The van der Waals surface area contributed by atoms with Crippen molar-refractivity contribution in [3.05, 3.63) is 23.8 Å². The molecule has 0 radical (unpaired) electrons. The first-order valence-electron chi connectivity index (χ1n) is 9.92. The van der Waals surface area contributed by atoms with E-state index in [2.05, 4.69) is 24.5 Å². The van der Waals surface area contributed by atoms with Gasteiger partial charge in [0.25, 0.3) is 0 Å². The number of hydrogen-bond donors (Lipinski definition) is 4. The van der Waals surface area contributed by atoms with Crippen LogP contribution in [0.2, 0.25) is 0 Å². The Morgan fingerprint density at radius 1 is 0.815 bits per heavy atom. The molecular weight excluding hydrogens is 344 g/mol. The first kappa shape index (κ1) is 23.7. The molecule has 0 saturated carbocycles. The normalized spacial score (nSPS) is 14.0. The second kappa shape index (κ2) is 12.2. The van der Waals surface area contributed by atoms with Gasteiger partial charge in [-0.2, -0.15) is 0 Å². The van der Waals surface area contributed by atoms with Crippen LogP contribution in [0.1, 0.15) is 53.0 Å². The highest BCUT2D eigenvalue weighted by Crippen LogP contribution is 2.35. The molecule has 0 unspecified atom stereocenters. The summed E-state index contributed by atoms with van der Waals surface area (Å²) in [5, 5.41) is 26.6. The van der Waals surface area contributed by atoms with Crippen LogP contribution in [0.4, 0.5) is 0 Å². The van der Waals surface area contributed by atoms with Crippen molar-refractivity contribution in [1.29, 1.82) is 0 Å². The number of para-hydroxylation sites is 1. The fourth-order valence-electron chi connectivity index (χ4n) is 2.48. The van der Waals surface area contributed by atoms with Crippen LogP contribution < -0.4 is 20.1 Å². The SMILES string of the molecule is CC(C)NC[C@@H](O)COc1c(OC[C@@H](O)CNC(C)C)cccc1C(C)C. The zero-order valence-corrected chi connectivity index (χ0v) is 17.7. The van der Waals surface area contributed by atoms with Gasteiger partial charge in [0.2, 0.25) is 0 Å². The van der Waals surface area contributed by atoms with Crippen LogP contribution in [0, 0.1) is 0 Å². The molecule has 0 aliphatic heterocycles. The highest BCUT2D eigenvalue weighted by atomic mass is 16.5. The Balaban J connectivity index is 2.75. The second-order valence-corrected chi connectivity index (χ2v) is 7.88. The summed E-state index contributed by atoms with van der Waals surface area (Å²) < 4.78 is 11.8. The van der Waals surface area contributed by atoms with E-state index in [1.807, 2.05) is 45.9 Å². The summed E-state index contributed by atoms with van der Waals surface area (Å²) in [4.78, 5) is 0. The van der Waals surface area contributed by atoms with Crippen LogP contribution in [-0.2, 0) is 0 Å². The summed E-state index contributed by atoms with van der Waals surface area (Å²) in [6.45, 7) is 13.6. The molecule has 6 nitrogen and oxygen atoms in total. The molecule has 156 valence electrons. The van der Waals surface area contributed by atoms with Gasteiger partial charge in [-0.05, 0) is 12.0 Å². The Labute approximate surface area is 164 Å². The quantitative estimate of drug-likeness (QED) is 0.419. The van der Waals surface area contributed by atoms with Crippen LogP contribution in [0.5, 0.6) is 11.5 Å². The minimum Gasteiger partial charge on any atom is -0.487 e. The van der Waals surface area contributed by atoms with Crippen LogP contribution in [0.25, 0.3) is 0 Å². The number of hydrogen-bond acceptors (Lipinski definition) is 6. The third-order valence-electron chi connectivity index (χ3n) is 4.01. The van der Waals surface area contributed by atoms with Crippen molar-refractivity contribution in [2.75, 3.05) is 26.3 Å². The molecule has 1 rings (SSSR count). The lowest BCUT2D eigenvalue weighted by Crippen LogP contribution is -2.35. The van der Waals surface area contributed by atoms with Gasteiger partial charge >= 0.3 is 0 Å². The van der Waals surface area contributed by atoms with Gasteiger partial charge in [-0.25, -0.2) is 0 Å². The van der Waals surface area contributed by atoms with Crippen molar-refractivity contribution in [3.8, 4) is 11.5 Å². The fraction of sp³-hybridized carbons (Fsp3) is 0.714. The summed E-state index contributed by atoms with van der Waals surface area (Å²) in [6.07, 6.45) is -1.22. The molecular formula is C21H38N2O4. The Bertz CT molecular complexity index is 535. The molecule has 2 atom stereocenters. The molecule has 0 heterocycles. The molecule has 0 aromatic heterocycles. The van der Waals surface area contributed by atoms with E-state index >= 15 is 0 Å². The summed E-state index contributed by atoms with van der Waals surface area (Å²) in [5.74, 6) is 1.48. The predicted octanol–water partition coefficient (Wildman–Crippen LogP) is 2.29.